The van der Waals surface area contributed by atoms with Crippen molar-refractivity contribution in [2.45, 2.75) is 19.4 Å². The van der Waals surface area contributed by atoms with E-state index < -0.39 is 0 Å². The van der Waals surface area contributed by atoms with Crippen LogP contribution in [-0.2, 0) is 4.74 Å². The highest BCUT2D eigenvalue weighted by Gasteiger charge is 2.18. The third kappa shape index (κ3) is 1.69. The lowest BCUT2D eigenvalue weighted by Crippen LogP contribution is -2.11. The van der Waals surface area contributed by atoms with Crippen LogP contribution in [-0.4, -0.2) is 23.5 Å². The van der Waals surface area contributed by atoms with Gasteiger partial charge in [-0.05, 0) is 18.6 Å². The minimum absolute atomic E-state index is 0.267. The molecule has 0 N–H and O–H groups in total. The summed E-state index contributed by atoms with van der Waals surface area (Å²) in [6.07, 6.45) is 4.78. The van der Waals surface area contributed by atoms with Crippen molar-refractivity contribution in [1.82, 2.24) is 4.98 Å². The predicted octanol–water partition coefficient (Wildman–Crippen LogP) is 1.64. The Hall–Kier alpha value is -1.38. The largest absolute Gasteiger partial charge is 0.472 e. The van der Waals surface area contributed by atoms with Crippen molar-refractivity contribution in [2.75, 3.05) is 6.54 Å². The number of rotatable bonds is 2. The second-order valence-corrected chi connectivity index (χ2v) is 3.03. The Morgan fingerprint density at radius 1 is 1.46 bits per heavy atom. The second-order valence-electron chi connectivity index (χ2n) is 3.03. The number of hydrogen-bond acceptors (Lipinski definition) is 3. The molecule has 2 heterocycles. The molecular weight excluding hydrogens is 164 g/mol. The van der Waals surface area contributed by atoms with Crippen LogP contribution < -0.4 is 0 Å². The van der Waals surface area contributed by atoms with Crippen LogP contribution in [0.2, 0.25) is 0 Å². The van der Waals surface area contributed by atoms with Gasteiger partial charge in [-0.2, -0.15) is 0 Å². The van der Waals surface area contributed by atoms with Gasteiger partial charge in [-0.25, -0.2) is 4.99 Å². The molecule has 0 amide bonds. The Morgan fingerprint density at radius 2 is 2.23 bits per heavy atom. The van der Waals surface area contributed by atoms with E-state index in [1.807, 2.05) is 12.1 Å². The first-order valence-corrected chi connectivity index (χ1v) is 4.51. The SMILES string of the molecule is CCC1CN=C(c2ccncc2)O1. The predicted molar refractivity (Wildman–Crippen MR) is 50.8 cm³/mol. The molecule has 0 radical (unpaired) electrons. The molecule has 0 fully saturated rings. The summed E-state index contributed by atoms with van der Waals surface area (Å²) in [5, 5.41) is 0. The highest BCUT2D eigenvalue weighted by Crippen LogP contribution is 2.13. The first kappa shape index (κ1) is 8.23. The Morgan fingerprint density at radius 3 is 2.85 bits per heavy atom. The molecule has 0 bridgehead atoms. The van der Waals surface area contributed by atoms with Crippen molar-refractivity contribution in [1.29, 1.82) is 0 Å². The van der Waals surface area contributed by atoms with E-state index in [4.69, 9.17) is 4.74 Å². The molecule has 1 aromatic rings. The molecule has 0 aromatic carbocycles. The van der Waals surface area contributed by atoms with Gasteiger partial charge in [-0.3, -0.25) is 4.98 Å². The third-order valence-electron chi connectivity index (χ3n) is 2.10. The van der Waals surface area contributed by atoms with Crippen LogP contribution in [0, 0.1) is 0 Å². The van der Waals surface area contributed by atoms with E-state index in [1.165, 1.54) is 0 Å². The second kappa shape index (κ2) is 3.56. The molecule has 0 aliphatic carbocycles. The van der Waals surface area contributed by atoms with Crippen molar-refractivity contribution in [2.24, 2.45) is 4.99 Å². The zero-order chi connectivity index (χ0) is 9.10. The lowest BCUT2D eigenvalue weighted by molar-refractivity contribution is 0.220. The van der Waals surface area contributed by atoms with E-state index in [2.05, 4.69) is 16.9 Å². The molecule has 1 unspecified atom stereocenters. The summed E-state index contributed by atoms with van der Waals surface area (Å²) in [5.41, 5.74) is 1.02. The summed E-state index contributed by atoms with van der Waals surface area (Å²) in [6, 6.07) is 3.83. The lowest BCUT2D eigenvalue weighted by atomic mass is 10.3. The summed E-state index contributed by atoms with van der Waals surface area (Å²) >= 11 is 0. The number of aromatic nitrogens is 1. The molecule has 68 valence electrons. The number of pyridine rings is 1. The quantitative estimate of drug-likeness (QED) is 0.686. The smallest absolute Gasteiger partial charge is 0.216 e. The van der Waals surface area contributed by atoms with Gasteiger partial charge in [-0.1, -0.05) is 6.92 Å². The van der Waals surface area contributed by atoms with Crippen LogP contribution in [0.4, 0.5) is 0 Å². The standard InChI is InChI=1S/C10H12N2O/c1-2-9-7-12-10(13-9)8-3-5-11-6-4-8/h3-6,9H,2,7H2,1H3. The highest BCUT2D eigenvalue weighted by atomic mass is 16.5. The van der Waals surface area contributed by atoms with Crippen LogP contribution in [0.25, 0.3) is 0 Å². The molecule has 0 saturated heterocycles. The first-order chi connectivity index (χ1) is 6.40. The number of ether oxygens (including phenoxy) is 1. The lowest BCUT2D eigenvalue weighted by Gasteiger charge is -2.07. The van der Waals surface area contributed by atoms with Crippen molar-refractivity contribution in [3.05, 3.63) is 30.1 Å². The molecule has 1 aliphatic rings. The summed E-state index contributed by atoms with van der Waals surface area (Å²) in [4.78, 5) is 8.27. The fourth-order valence-corrected chi connectivity index (χ4v) is 1.28. The molecule has 1 aromatic heterocycles. The monoisotopic (exact) mass is 176 g/mol. The van der Waals surface area contributed by atoms with Crippen molar-refractivity contribution >= 4 is 5.90 Å². The van der Waals surface area contributed by atoms with Gasteiger partial charge >= 0.3 is 0 Å². The maximum absolute atomic E-state index is 5.62. The minimum atomic E-state index is 0.267. The number of hydrogen-bond donors (Lipinski definition) is 0. The maximum Gasteiger partial charge on any atom is 0.216 e. The van der Waals surface area contributed by atoms with E-state index in [1.54, 1.807) is 12.4 Å². The van der Waals surface area contributed by atoms with Crippen LogP contribution in [0.5, 0.6) is 0 Å². The zero-order valence-corrected chi connectivity index (χ0v) is 7.60. The summed E-state index contributed by atoms with van der Waals surface area (Å²) < 4.78 is 5.62. The van der Waals surface area contributed by atoms with Crippen LogP contribution in [0.3, 0.4) is 0 Å². The van der Waals surface area contributed by atoms with Crippen molar-refractivity contribution < 1.29 is 4.74 Å². The molecule has 1 aliphatic heterocycles. The minimum Gasteiger partial charge on any atom is -0.472 e. The normalized spacial score (nSPS) is 21.0. The van der Waals surface area contributed by atoms with Gasteiger partial charge in [0.05, 0.1) is 6.54 Å². The number of nitrogens with zero attached hydrogens (tertiary/aromatic N) is 2. The van der Waals surface area contributed by atoms with Crippen LogP contribution >= 0.6 is 0 Å². The zero-order valence-electron chi connectivity index (χ0n) is 7.60. The molecule has 2 rings (SSSR count). The van der Waals surface area contributed by atoms with Gasteiger partial charge in [0, 0.05) is 18.0 Å². The van der Waals surface area contributed by atoms with Crippen molar-refractivity contribution in [3.8, 4) is 0 Å². The maximum atomic E-state index is 5.62. The average molecular weight is 176 g/mol. The van der Waals surface area contributed by atoms with E-state index in [0.29, 0.717) is 0 Å². The third-order valence-corrected chi connectivity index (χ3v) is 2.10. The van der Waals surface area contributed by atoms with Gasteiger partial charge < -0.3 is 4.74 Å². The summed E-state index contributed by atoms with van der Waals surface area (Å²) in [7, 11) is 0. The highest BCUT2D eigenvalue weighted by molar-refractivity contribution is 5.94. The Bertz CT molecular complexity index is 308. The Balaban J connectivity index is 2.12. The van der Waals surface area contributed by atoms with Gasteiger partial charge in [0.15, 0.2) is 0 Å². The van der Waals surface area contributed by atoms with Gasteiger partial charge in [0.1, 0.15) is 6.10 Å². The van der Waals surface area contributed by atoms with Gasteiger partial charge in [0.25, 0.3) is 0 Å². The fraction of sp³-hybridized carbons (Fsp3) is 0.400. The number of aliphatic imine (C=N–C) groups is 1. The van der Waals surface area contributed by atoms with Crippen LogP contribution in [0.1, 0.15) is 18.9 Å². The Kier molecular flexibility index (Phi) is 2.25. The molecule has 3 nitrogen and oxygen atoms in total. The van der Waals surface area contributed by atoms with E-state index in [0.717, 1.165) is 24.4 Å². The molecule has 3 heteroatoms. The molecule has 0 spiro atoms. The first-order valence-electron chi connectivity index (χ1n) is 4.51. The summed E-state index contributed by atoms with van der Waals surface area (Å²) in [6.45, 7) is 2.89. The van der Waals surface area contributed by atoms with E-state index in [9.17, 15) is 0 Å². The Labute approximate surface area is 77.5 Å². The fourth-order valence-electron chi connectivity index (χ4n) is 1.28. The average Bonchev–Trinajstić information content (AvgIpc) is 2.67. The van der Waals surface area contributed by atoms with Gasteiger partial charge in [-0.15, -0.1) is 0 Å². The summed E-state index contributed by atoms with van der Waals surface area (Å²) in [5.74, 6) is 0.759. The molecule has 1 atom stereocenters. The van der Waals surface area contributed by atoms with Crippen molar-refractivity contribution in [3.63, 3.8) is 0 Å². The topological polar surface area (TPSA) is 34.5 Å². The molecule has 13 heavy (non-hydrogen) atoms. The molecule has 0 saturated carbocycles. The molecular formula is C10H12N2O. The van der Waals surface area contributed by atoms with Crippen LogP contribution in [0.15, 0.2) is 29.5 Å². The van der Waals surface area contributed by atoms with E-state index >= 15 is 0 Å². The van der Waals surface area contributed by atoms with Gasteiger partial charge in [0.2, 0.25) is 5.90 Å². The van der Waals surface area contributed by atoms with E-state index in [-0.39, 0.29) is 6.10 Å².